The molecule has 1 aromatic carbocycles. The average molecular weight is 279 g/mol. The maximum Gasteiger partial charge on any atom is 0.0513 e. The van der Waals surface area contributed by atoms with Gasteiger partial charge in [-0.05, 0) is 48.4 Å². The third kappa shape index (κ3) is 3.14. The van der Waals surface area contributed by atoms with Crippen LogP contribution in [0.3, 0.4) is 0 Å². The lowest BCUT2D eigenvalue weighted by atomic mass is 10.0. The van der Waals surface area contributed by atoms with Crippen molar-refractivity contribution in [2.45, 2.75) is 32.4 Å². The number of hydrogen-bond acceptors (Lipinski definition) is 2. The first-order chi connectivity index (χ1) is 10.2. The van der Waals surface area contributed by atoms with E-state index in [1.165, 1.54) is 22.0 Å². The van der Waals surface area contributed by atoms with Gasteiger partial charge in [0.2, 0.25) is 0 Å². The van der Waals surface area contributed by atoms with Crippen molar-refractivity contribution in [1.29, 1.82) is 0 Å². The monoisotopic (exact) mass is 279 g/mol. The van der Waals surface area contributed by atoms with Gasteiger partial charge in [-0.1, -0.05) is 24.3 Å². The van der Waals surface area contributed by atoms with Gasteiger partial charge in [0, 0.05) is 31.2 Å². The van der Waals surface area contributed by atoms with Crippen molar-refractivity contribution in [3.63, 3.8) is 0 Å². The first kappa shape index (κ1) is 13.8. The fraction of sp³-hybridized carbons (Fsp3) is 0.278. The van der Waals surface area contributed by atoms with Gasteiger partial charge in [-0.3, -0.25) is 4.98 Å². The molecule has 0 aliphatic rings. The lowest BCUT2D eigenvalue weighted by molar-refractivity contribution is 0.706. The highest BCUT2D eigenvalue weighted by Crippen LogP contribution is 2.22. The number of nitrogens with zero attached hydrogens (tertiary/aromatic N) is 2. The Morgan fingerprint density at radius 3 is 2.86 bits per heavy atom. The first-order valence-corrected chi connectivity index (χ1v) is 7.45. The van der Waals surface area contributed by atoms with Crippen molar-refractivity contribution < 1.29 is 0 Å². The van der Waals surface area contributed by atoms with E-state index in [1.807, 2.05) is 18.5 Å². The van der Waals surface area contributed by atoms with Gasteiger partial charge < -0.3 is 10.3 Å². The van der Waals surface area contributed by atoms with Gasteiger partial charge in [-0.25, -0.2) is 0 Å². The molecule has 1 atom stereocenters. The fourth-order valence-corrected chi connectivity index (χ4v) is 2.83. The van der Waals surface area contributed by atoms with E-state index < -0.39 is 0 Å². The van der Waals surface area contributed by atoms with E-state index in [0.29, 0.717) is 0 Å². The Balaban J connectivity index is 1.88. The lowest BCUT2D eigenvalue weighted by Gasteiger charge is -2.11. The molecular formula is C18H21N3. The summed E-state index contributed by atoms with van der Waals surface area (Å²) in [7, 11) is 0. The zero-order chi connectivity index (χ0) is 14.7. The van der Waals surface area contributed by atoms with Crippen LogP contribution in [0.5, 0.6) is 0 Å². The minimum absolute atomic E-state index is 0.178. The number of benzene rings is 1. The average Bonchev–Trinajstić information content (AvgIpc) is 2.90. The summed E-state index contributed by atoms with van der Waals surface area (Å²) in [5.41, 5.74) is 9.90. The van der Waals surface area contributed by atoms with Gasteiger partial charge in [0.25, 0.3) is 0 Å². The van der Waals surface area contributed by atoms with Crippen molar-refractivity contribution in [1.82, 2.24) is 9.55 Å². The molecule has 0 amide bonds. The van der Waals surface area contributed by atoms with Gasteiger partial charge >= 0.3 is 0 Å². The molecule has 0 aliphatic carbocycles. The number of hydrogen-bond donors (Lipinski definition) is 1. The molecule has 0 bridgehead atoms. The normalized spacial score (nSPS) is 12.7. The number of fused-ring (bicyclic) bond motifs is 1. The van der Waals surface area contributed by atoms with Crippen LogP contribution in [-0.2, 0) is 19.4 Å². The largest absolute Gasteiger partial charge is 0.347 e. The molecule has 108 valence electrons. The molecule has 1 unspecified atom stereocenters. The molecule has 3 nitrogen and oxygen atoms in total. The Labute approximate surface area is 125 Å². The number of para-hydroxylation sites is 1. The molecule has 2 N–H and O–H groups in total. The summed E-state index contributed by atoms with van der Waals surface area (Å²) in [4.78, 5) is 4.18. The van der Waals surface area contributed by atoms with Gasteiger partial charge in [0.15, 0.2) is 0 Å². The van der Waals surface area contributed by atoms with Crippen molar-refractivity contribution in [2.24, 2.45) is 5.73 Å². The summed E-state index contributed by atoms with van der Waals surface area (Å²) < 4.78 is 2.33. The second kappa shape index (κ2) is 6.10. The van der Waals surface area contributed by atoms with Crippen LogP contribution in [-0.4, -0.2) is 15.6 Å². The summed E-state index contributed by atoms with van der Waals surface area (Å²) >= 11 is 0. The van der Waals surface area contributed by atoms with E-state index in [1.54, 1.807) is 0 Å². The highest BCUT2D eigenvalue weighted by Gasteiger charge is 2.08. The molecular weight excluding hydrogens is 258 g/mol. The quantitative estimate of drug-likeness (QED) is 0.779. The van der Waals surface area contributed by atoms with Crippen LogP contribution >= 0.6 is 0 Å². The van der Waals surface area contributed by atoms with E-state index in [-0.39, 0.29) is 6.04 Å². The Bertz CT molecular complexity index is 714. The molecule has 3 heteroatoms. The highest BCUT2D eigenvalue weighted by molar-refractivity contribution is 5.83. The molecule has 0 aliphatic heterocycles. The second-order valence-corrected chi connectivity index (χ2v) is 5.66. The zero-order valence-corrected chi connectivity index (χ0v) is 12.4. The molecule has 2 heterocycles. The summed E-state index contributed by atoms with van der Waals surface area (Å²) in [5.74, 6) is 0. The highest BCUT2D eigenvalue weighted by atomic mass is 15.0. The van der Waals surface area contributed by atoms with Gasteiger partial charge in [0.1, 0.15) is 0 Å². The SMILES string of the molecule is CC(N)Cc1cccc2ccn(CCc3cccnc3)c12. The van der Waals surface area contributed by atoms with Crippen LogP contribution in [0.4, 0.5) is 0 Å². The Hall–Kier alpha value is -2.13. The number of nitrogens with two attached hydrogens (primary N) is 1. The van der Waals surface area contributed by atoms with E-state index >= 15 is 0 Å². The first-order valence-electron chi connectivity index (χ1n) is 7.45. The Kier molecular flexibility index (Phi) is 4.02. The third-order valence-electron chi connectivity index (χ3n) is 3.78. The summed E-state index contributed by atoms with van der Waals surface area (Å²) in [6.07, 6.45) is 7.83. The molecule has 0 saturated heterocycles. The standard InChI is InChI=1S/C18H21N3/c1-14(19)12-17-6-2-5-16-8-11-21(18(16)17)10-7-15-4-3-9-20-13-15/h2-6,8-9,11,13-14H,7,10,12,19H2,1H3. The molecule has 0 spiro atoms. The number of aromatic nitrogens is 2. The van der Waals surface area contributed by atoms with Crippen LogP contribution in [0.15, 0.2) is 55.0 Å². The second-order valence-electron chi connectivity index (χ2n) is 5.66. The minimum Gasteiger partial charge on any atom is -0.347 e. The number of pyridine rings is 1. The maximum absolute atomic E-state index is 5.98. The van der Waals surface area contributed by atoms with Crippen molar-refractivity contribution in [3.05, 3.63) is 66.1 Å². The van der Waals surface area contributed by atoms with Crippen LogP contribution in [0.1, 0.15) is 18.1 Å². The molecule has 0 fully saturated rings. The predicted octanol–water partition coefficient (Wildman–Crippen LogP) is 3.17. The molecule has 0 radical (unpaired) electrons. The van der Waals surface area contributed by atoms with E-state index in [2.05, 4.69) is 53.0 Å². The zero-order valence-electron chi connectivity index (χ0n) is 12.4. The number of rotatable bonds is 5. The summed E-state index contributed by atoms with van der Waals surface area (Å²) in [5, 5.41) is 1.29. The molecule has 0 saturated carbocycles. The van der Waals surface area contributed by atoms with E-state index in [9.17, 15) is 0 Å². The predicted molar refractivity (Wildman–Crippen MR) is 87.2 cm³/mol. The smallest absolute Gasteiger partial charge is 0.0513 e. The molecule has 2 aromatic heterocycles. The summed E-state index contributed by atoms with van der Waals surface area (Å²) in [6.45, 7) is 3.02. The molecule has 3 aromatic rings. The van der Waals surface area contributed by atoms with Crippen molar-refractivity contribution in [2.75, 3.05) is 0 Å². The Morgan fingerprint density at radius 1 is 1.19 bits per heavy atom. The third-order valence-corrected chi connectivity index (χ3v) is 3.78. The fourth-order valence-electron chi connectivity index (χ4n) is 2.83. The molecule has 3 rings (SSSR count). The van der Waals surface area contributed by atoms with Crippen LogP contribution < -0.4 is 5.73 Å². The van der Waals surface area contributed by atoms with Crippen LogP contribution in [0, 0.1) is 0 Å². The summed E-state index contributed by atoms with van der Waals surface area (Å²) in [6, 6.07) is 12.9. The van der Waals surface area contributed by atoms with Crippen molar-refractivity contribution >= 4 is 10.9 Å². The van der Waals surface area contributed by atoms with E-state index in [4.69, 9.17) is 5.73 Å². The van der Waals surface area contributed by atoms with Crippen molar-refractivity contribution in [3.8, 4) is 0 Å². The van der Waals surface area contributed by atoms with E-state index in [0.717, 1.165) is 19.4 Å². The van der Waals surface area contributed by atoms with Gasteiger partial charge in [0.05, 0.1) is 5.52 Å². The van der Waals surface area contributed by atoms with Crippen LogP contribution in [0.25, 0.3) is 10.9 Å². The Morgan fingerprint density at radius 2 is 2.10 bits per heavy atom. The van der Waals surface area contributed by atoms with Gasteiger partial charge in [-0.15, -0.1) is 0 Å². The molecule has 21 heavy (non-hydrogen) atoms. The topological polar surface area (TPSA) is 43.8 Å². The van der Waals surface area contributed by atoms with Crippen LogP contribution in [0.2, 0.25) is 0 Å². The number of aryl methyl sites for hydroxylation is 2. The lowest BCUT2D eigenvalue weighted by Crippen LogP contribution is -2.18. The van der Waals surface area contributed by atoms with Gasteiger partial charge in [-0.2, -0.15) is 0 Å². The maximum atomic E-state index is 5.98. The minimum atomic E-state index is 0.178.